The van der Waals surface area contributed by atoms with Crippen molar-refractivity contribution in [2.24, 2.45) is 11.3 Å². The Morgan fingerprint density at radius 3 is 2.33 bits per heavy atom. The van der Waals surface area contributed by atoms with Crippen molar-refractivity contribution in [2.75, 3.05) is 6.61 Å². The van der Waals surface area contributed by atoms with E-state index < -0.39 is 17.5 Å². The van der Waals surface area contributed by atoms with E-state index in [-0.39, 0.29) is 5.41 Å². The number of hydrogen-bond donors (Lipinski definition) is 3. The number of urea groups is 1. The van der Waals surface area contributed by atoms with Gasteiger partial charge in [0.2, 0.25) is 0 Å². The molecule has 6 heteroatoms. The molecule has 0 bridgehead atoms. The van der Waals surface area contributed by atoms with E-state index in [9.17, 15) is 9.59 Å². The van der Waals surface area contributed by atoms with E-state index >= 15 is 0 Å². The minimum atomic E-state index is -0.924. The SMILES string of the molecule is CCOC(=O)C1(NC(=O)NN)CC1(C)C. The molecule has 2 amide bonds. The molecule has 0 spiro atoms. The molecule has 6 nitrogen and oxygen atoms in total. The van der Waals surface area contributed by atoms with E-state index in [0.717, 1.165) is 0 Å². The van der Waals surface area contributed by atoms with E-state index in [1.165, 1.54) is 0 Å². The van der Waals surface area contributed by atoms with Gasteiger partial charge >= 0.3 is 12.0 Å². The molecule has 0 aromatic carbocycles. The third-order valence-corrected chi connectivity index (χ3v) is 2.82. The van der Waals surface area contributed by atoms with Gasteiger partial charge in [-0.1, -0.05) is 13.8 Å². The molecule has 0 aliphatic heterocycles. The summed E-state index contributed by atoms with van der Waals surface area (Å²) in [6, 6.07) is -0.575. The van der Waals surface area contributed by atoms with Gasteiger partial charge < -0.3 is 10.1 Å². The fourth-order valence-electron chi connectivity index (χ4n) is 1.72. The van der Waals surface area contributed by atoms with Crippen molar-refractivity contribution in [2.45, 2.75) is 32.7 Å². The van der Waals surface area contributed by atoms with Crippen molar-refractivity contribution in [3.63, 3.8) is 0 Å². The molecule has 1 aliphatic carbocycles. The maximum Gasteiger partial charge on any atom is 0.332 e. The summed E-state index contributed by atoms with van der Waals surface area (Å²) in [4.78, 5) is 22.8. The van der Waals surface area contributed by atoms with E-state index in [1.807, 2.05) is 19.3 Å². The summed E-state index contributed by atoms with van der Waals surface area (Å²) in [5.74, 6) is 4.55. The molecule has 0 radical (unpaired) electrons. The number of hydrazine groups is 1. The Morgan fingerprint density at radius 2 is 2.00 bits per heavy atom. The first-order chi connectivity index (χ1) is 6.89. The average molecular weight is 215 g/mol. The predicted octanol–water partition coefficient (Wildman–Crippen LogP) is -0.109. The standard InChI is InChI=1S/C9H17N3O3/c1-4-15-6(13)9(5-8(9,2)3)11-7(14)12-10/h4-5,10H2,1-3H3,(H2,11,12,14). The molecule has 1 rings (SSSR count). The fourth-order valence-corrected chi connectivity index (χ4v) is 1.72. The monoisotopic (exact) mass is 215 g/mol. The molecule has 1 fully saturated rings. The molecule has 0 heterocycles. The van der Waals surface area contributed by atoms with Gasteiger partial charge in [-0.2, -0.15) is 0 Å². The summed E-state index contributed by atoms with van der Waals surface area (Å²) in [6.07, 6.45) is 0.562. The van der Waals surface area contributed by atoms with Crippen LogP contribution < -0.4 is 16.6 Å². The molecular weight excluding hydrogens is 198 g/mol. The van der Waals surface area contributed by atoms with Crippen molar-refractivity contribution in [3.05, 3.63) is 0 Å². The number of ether oxygens (including phenoxy) is 1. The Kier molecular flexibility index (Phi) is 2.90. The summed E-state index contributed by atoms with van der Waals surface area (Å²) >= 11 is 0. The Hall–Kier alpha value is -1.30. The first-order valence-corrected chi connectivity index (χ1v) is 4.85. The Bertz CT molecular complexity index is 290. The zero-order chi connectivity index (χ0) is 11.7. The molecular formula is C9H17N3O3. The van der Waals surface area contributed by atoms with Crippen molar-refractivity contribution < 1.29 is 14.3 Å². The van der Waals surface area contributed by atoms with Gasteiger partial charge in [0.05, 0.1) is 6.61 Å². The lowest BCUT2D eigenvalue weighted by Crippen LogP contribution is -2.52. The highest BCUT2D eigenvalue weighted by molar-refractivity contribution is 5.91. The van der Waals surface area contributed by atoms with Crippen molar-refractivity contribution >= 4 is 12.0 Å². The van der Waals surface area contributed by atoms with E-state index in [2.05, 4.69) is 5.32 Å². The smallest absolute Gasteiger partial charge is 0.332 e. The molecule has 4 N–H and O–H groups in total. The highest BCUT2D eigenvalue weighted by Crippen LogP contribution is 2.56. The number of esters is 1. The van der Waals surface area contributed by atoms with Crippen molar-refractivity contribution in [1.82, 2.24) is 10.7 Å². The van der Waals surface area contributed by atoms with Crippen LogP contribution in [0.4, 0.5) is 4.79 Å². The summed E-state index contributed by atoms with van der Waals surface area (Å²) in [5, 5.41) is 2.54. The summed E-state index contributed by atoms with van der Waals surface area (Å²) in [6.45, 7) is 5.80. The van der Waals surface area contributed by atoms with E-state index in [4.69, 9.17) is 10.6 Å². The van der Waals surface area contributed by atoms with Crippen LogP contribution in [-0.4, -0.2) is 24.1 Å². The van der Waals surface area contributed by atoms with Crippen LogP contribution in [0.2, 0.25) is 0 Å². The molecule has 1 unspecified atom stereocenters. The maximum atomic E-state index is 11.7. The molecule has 1 saturated carbocycles. The maximum absolute atomic E-state index is 11.7. The Balaban J connectivity index is 2.75. The normalized spacial score (nSPS) is 26.7. The molecule has 15 heavy (non-hydrogen) atoms. The number of nitrogens with two attached hydrogens (primary N) is 1. The Labute approximate surface area is 88.5 Å². The summed E-state index contributed by atoms with van der Waals surface area (Å²) in [5.41, 5.74) is 0.728. The van der Waals surface area contributed by atoms with E-state index in [0.29, 0.717) is 13.0 Å². The summed E-state index contributed by atoms with van der Waals surface area (Å²) < 4.78 is 4.93. The van der Waals surface area contributed by atoms with Gasteiger partial charge in [-0.05, 0) is 13.3 Å². The van der Waals surface area contributed by atoms with Gasteiger partial charge in [-0.25, -0.2) is 15.4 Å². The molecule has 0 aromatic heterocycles. The number of carbonyl (C=O) groups is 2. The summed E-state index contributed by atoms with van der Waals surface area (Å²) in [7, 11) is 0. The van der Waals surface area contributed by atoms with Gasteiger partial charge in [-0.15, -0.1) is 0 Å². The van der Waals surface area contributed by atoms with Crippen LogP contribution in [0.5, 0.6) is 0 Å². The van der Waals surface area contributed by atoms with Crippen LogP contribution in [0, 0.1) is 5.41 Å². The second kappa shape index (κ2) is 3.69. The van der Waals surface area contributed by atoms with Gasteiger partial charge in [0.15, 0.2) is 0 Å². The quantitative estimate of drug-likeness (QED) is 0.265. The van der Waals surface area contributed by atoms with Crippen LogP contribution in [0.25, 0.3) is 0 Å². The molecule has 1 aliphatic rings. The van der Waals surface area contributed by atoms with Gasteiger partial charge in [0.1, 0.15) is 5.54 Å². The van der Waals surface area contributed by atoms with Crippen molar-refractivity contribution in [3.8, 4) is 0 Å². The largest absolute Gasteiger partial charge is 0.464 e. The number of rotatable bonds is 3. The molecule has 0 saturated heterocycles. The first-order valence-electron chi connectivity index (χ1n) is 4.85. The highest BCUT2D eigenvalue weighted by Gasteiger charge is 2.68. The molecule has 86 valence electrons. The number of carbonyl (C=O) groups excluding carboxylic acids is 2. The van der Waals surface area contributed by atoms with Crippen LogP contribution in [-0.2, 0) is 9.53 Å². The Morgan fingerprint density at radius 1 is 1.47 bits per heavy atom. The minimum Gasteiger partial charge on any atom is -0.464 e. The zero-order valence-electron chi connectivity index (χ0n) is 9.22. The zero-order valence-corrected chi connectivity index (χ0v) is 9.22. The van der Waals surface area contributed by atoms with Gasteiger partial charge in [-0.3, -0.25) is 5.43 Å². The molecule has 0 aromatic rings. The molecule has 1 atom stereocenters. The van der Waals surface area contributed by atoms with Gasteiger partial charge in [0.25, 0.3) is 0 Å². The van der Waals surface area contributed by atoms with Crippen LogP contribution >= 0.6 is 0 Å². The van der Waals surface area contributed by atoms with E-state index in [1.54, 1.807) is 6.92 Å². The fraction of sp³-hybridized carbons (Fsp3) is 0.778. The number of amides is 2. The third kappa shape index (κ3) is 1.90. The predicted molar refractivity (Wildman–Crippen MR) is 53.6 cm³/mol. The lowest BCUT2D eigenvalue weighted by molar-refractivity contribution is -0.147. The second-order valence-electron chi connectivity index (χ2n) is 4.28. The van der Waals surface area contributed by atoms with Gasteiger partial charge in [0, 0.05) is 5.41 Å². The minimum absolute atomic E-state index is 0.286. The van der Waals surface area contributed by atoms with Crippen LogP contribution in [0.15, 0.2) is 0 Å². The third-order valence-electron chi connectivity index (χ3n) is 2.82. The lowest BCUT2D eigenvalue weighted by Gasteiger charge is -2.19. The average Bonchev–Trinajstić information content (AvgIpc) is 2.70. The number of hydrogen-bond acceptors (Lipinski definition) is 4. The van der Waals surface area contributed by atoms with Crippen LogP contribution in [0.1, 0.15) is 27.2 Å². The highest BCUT2D eigenvalue weighted by atomic mass is 16.5. The second-order valence-corrected chi connectivity index (χ2v) is 4.28. The van der Waals surface area contributed by atoms with Crippen LogP contribution in [0.3, 0.4) is 0 Å². The number of nitrogens with one attached hydrogen (secondary N) is 2. The topological polar surface area (TPSA) is 93.4 Å². The first kappa shape index (κ1) is 11.8. The van der Waals surface area contributed by atoms with Crippen molar-refractivity contribution in [1.29, 1.82) is 0 Å². The lowest BCUT2D eigenvalue weighted by atomic mass is 10.1.